The van der Waals surface area contributed by atoms with Crippen LogP contribution in [0.15, 0.2) is 30.3 Å². The lowest BCUT2D eigenvalue weighted by molar-refractivity contribution is -0.122. The smallest absolute Gasteiger partial charge is 0.141 e. The molecule has 0 amide bonds. The van der Waals surface area contributed by atoms with E-state index in [1.807, 2.05) is 18.2 Å². The normalized spacial score (nSPS) is 23.6. The van der Waals surface area contributed by atoms with E-state index in [0.29, 0.717) is 12.2 Å². The fourth-order valence-corrected chi connectivity index (χ4v) is 3.20. The van der Waals surface area contributed by atoms with Gasteiger partial charge in [-0.2, -0.15) is 0 Å². The van der Waals surface area contributed by atoms with Crippen LogP contribution in [0.1, 0.15) is 30.7 Å². The molecule has 0 saturated heterocycles. The van der Waals surface area contributed by atoms with Crippen molar-refractivity contribution >= 4 is 13.9 Å². The highest BCUT2D eigenvalue weighted by atomic mass is 28.3. The Morgan fingerprint density at radius 3 is 2.47 bits per heavy atom. The SMILES string of the molecule is C[Si](C)(C)C#C[C@H]1CCCC(=O)[C@@H]1c1ccccc1. The van der Waals surface area contributed by atoms with Gasteiger partial charge in [0, 0.05) is 12.3 Å². The summed E-state index contributed by atoms with van der Waals surface area (Å²) in [5.74, 6) is 4.02. The van der Waals surface area contributed by atoms with Gasteiger partial charge in [-0.1, -0.05) is 50.0 Å². The van der Waals surface area contributed by atoms with Gasteiger partial charge < -0.3 is 0 Å². The number of rotatable bonds is 1. The van der Waals surface area contributed by atoms with E-state index in [1.54, 1.807) is 0 Å². The van der Waals surface area contributed by atoms with E-state index in [1.165, 1.54) is 0 Å². The van der Waals surface area contributed by atoms with Gasteiger partial charge in [-0.05, 0) is 18.4 Å². The number of ketones is 1. The number of hydrogen-bond acceptors (Lipinski definition) is 1. The number of benzene rings is 1. The molecule has 0 aliphatic heterocycles. The third kappa shape index (κ3) is 3.81. The number of hydrogen-bond donors (Lipinski definition) is 0. The van der Waals surface area contributed by atoms with Crippen molar-refractivity contribution in [3.8, 4) is 11.5 Å². The molecule has 1 saturated carbocycles. The van der Waals surface area contributed by atoms with Crippen molar-refractivity contribution < 1.29 is 4.79 Å². The third-order valence-corrected chi connectivity index (χ3v) is 4.37. The Hall–Kier alpha value is -1.33. The molecule has 2 heteroatoms. The van der Waals surface area contributed by atoms with E-state index in [9.17, 15) is 4.79 Å². The van der Waals surface area contributed by atoms with Crippen LogP contribution >= 0.6 is 0 Å². The molecule has 1 nitrogen and oxygen atoms in total. The molecule has 0 bridgehead atoms. The molecular weight excluding hydrogens is 248 g/mol. The molecule has 2 rings (SSSR count). The van der Waals surface area contributed by atoms with Crippen molar-refractivity contribution in [2.75, 3.05) is 0 Å². The summed E-state index contributed by atoms with van der Waals surface area (Å²) in [4.78, 5) is 12.3. The Balaban J connectivity index is 2.29. The van der Waals surface area contributed by atoms with Crippen molar-refractivity contribution in [3.63, 3.8) is 0 Å². The van der Waals surface area contributed by atoms with Gasteiger partial charge >= 0.3 is 0 Å². The van der Waals surface area contributed by atoms with E-state index in [2.05, 4.69) is 43.2 Å². The summed E-state index contributed by atoms with van der Waals surface area (Å²) in [7, 11) is -1.37. The summed E-state index contributed by atoms with van der Waals surface area (Å²) >= 11 is 0. The van der Waals surface area contributed by atoms with E-state index < -0.39 is 8.07 Å². The highest BCUT2D eigenvalue weighted by Gasteiger charge is 2.32. The zero-order valence-electron chi connectivity index (χ0n) is 12.1. The number of carbonyl (C=O) groups excluding carboxylic acids is 1. The van der Waals surface area contributed by atoms with Crippen LogP contribution in [0.25, 0.3) is 0 Å². The third-order valence-electron chi connectivity index (χ3n) is 3.48. The van der Waals surface area contributed by atoms with Gasteiger partial charge in [0.2, 0.25) is 0 Å². The average molecular weight is 270 g/mol. The summed E-state index contributed by atoms with van der Waals surface area (Å²) in [6.07, 6.45) is 2.76. The molecule has 0 unspecified atom stereocenters. The topological polar surface area (TPSA) is 17.1 Å². The van der Waals surface area contributed by atoms with E-state index in [4.69, 9.17) is 0 Å². The summed E-state index contributed by atoms with van der Waals surface area (Å²) in [5.41, 5.74) is 4.59. The van der Waals surface area contributed by atoms with Crippen LogP contribution in [0, 0.1) is 17.4 Å². The molecule has 1 aromatic carbocycles. The maximum atomic E-state index is 12.3. The quantitative estimate of drug-likeness (QED) is 0.556. The molecule has 1 fully saturated rings. The van der Waals surface area contributed by atoms with Crippen LogP contribution in [0.4, 0.5) is 0 Å². The van der Waals surface area contributed by atoms with Crippen molar-refractivity contribution in [1.82, 2.24) is 0 Å². The fraction of sp³-hybridized carbons (Fsp3) is 0.471. The summed E-state index contributed by atoms with van der Waals surface area (Å²) in [6, 6.07) is 10.2. The monoisotopic (exact) mass is 270 g/mol. The van der Waals surface area contributed by atoms with E-state index >= 15 is 0 Å². The molecule has 100 valence electrons. The van der Waals surface area contributed by atoms with Gasteiger partial charge in [-0.3, -0.25) is 4.79 Å². The van der Waals surface area contributed by atoms with Crippen molar-refractivity contribution in [2.45, 2.75) is 44.8 Å². The second kappa shape index (κ2) is 5.75. The lowest BCUT2D eigenvalue weighted by atomic mass is 9.75. The highest BCUT2D eigenvalue weighted by molar-refractivity contribution is 6.83. The summed E-state index contributed by atoms with van der Waals surface area (Å²) in [5, 5.41) is 0. The Morgan fingerprint density at radius 1 is 1.16 bits per heavy atom. The first-order chi connectivity index (χ1) is 8.97. The molecule has 1 aliphatic carbocycles. The van der Waals surface area contributed by atoms with Crippen LogP contribution in [-0.2, 0) is 4.79 Å². The maximum absolute atomic E-state index is 12.3. The van der Waals surface area contributed by atoms with Crippen LogP contribution in [0.5, 0.6) is 0 Å². The molecule has 0 radical (unpaired) electrons. The summed E-state index contributed by atoms with van der Waals surface area (Å²) < 4.78 is 0. The van der Waals surface area contributed by atoms with E-state index in [0.717, 1.165) is 18.4 Å². The Morgan fingerprint density at radius 2 is 1.84 bits per heavy atom. The Labute approximate surface area is 117 Å². The second-order valence-corrected chi connectivity index (χ2v) is 11.1. The number of carbonyl (C=O) groups is 1. The zero-order chi connectivity index (χ0) is 13.9. The first kappa shape index (κ1) is 14.1. The Bertz CT molecular complexity index is 502. The minimum Gasteiger partial charge on any atom is -0.299 e. The highest BCUT2D eigenvalue weighted by Crippen LogP contribution is 2.35. The first-order valence-corrected chi connectivity index (χ1v) is 10.6. The Kier molecular flexibility index (Phi) is 4.26. The molecule has 19 heavy (non-hydrogen) atoms. The predicted molar refractivity (Wildman–Crippen MR) is 82.7 cm³/mol. The van der Waals surface area contributed by atoms with Crippen LogP contribution in [-0.4, -0.2) is 13.9 Å². The van der Waals surface area contributed by atoms with Crippen molar-refractivity contribution in [1.29, 1.82) is 0 Å². The van der Waals surface area contributed by atoms with Gasteiger partial charge in [-0.15, -0.1) is 11.5 Å². The van der Waals surface area contributed by atoms with Gasteiger partial charge in [0.05, 0.1) is 5.92 Å². The van der Waals surface area contributed by atoms with Crippen molar-refractivity contribution in [3.05, 3.63) is 35.9 Å². The fourth-order valence-electron chi connectivity index (χ4n) is 2.59. The maximum Gasteiger partial charge on any atom is 0.141 e. The molecule has 0 spiro atoms. The van der Waals surface area contributed by atoms with Gasteiger partial charge in [0.25, 0.3) is 0 Å². The average Bonchev–Trinajstić information content (AvgIpc) is 2.36. The first-order valence-electron chi connectivity index (χ1n) is 7.08. The summed E-state index contributed by atoms with van der Waals surface area (Å²) in [6.45, 7) is 6.76. The molecule has 2 atom stereocenters. The lowest BCUT2D eigenvalue weighted by Crippen LogP contribution is -2.26. The lowest BCUT2D eigenvalue weighted by Gasteiger charge is -2.27. The van der Waals surface area contributed by atoms with Crippen molar-refractivity contribution in [2.24, 2.45) is 5.92 Å². The van der Waals surface area contributed by atoms with Gasteiger partial charge in [-0.25, -0.2) is 0 Å². The molecule has 1 aliphatic rings. The molecular formula is C17H22OSi. The standard InChI is InChI=1S/C17H22OSi/c1-19(2,3)13-12-15-10-7-11-16(18)17(15)14-8-5-4-6-9-14/h4-6,8-9,15,17H,7,10-11H2,1-3H3/t15-,17-/m1/s1. The minimum absolute atomic E-state index is 0.00111. The zero-order valence-corrected chi connectivity index (χ0v) is 13.1. The van der Waals surface area contributed by atoms with Crippen LogP contribution in [0.2, 0.25) is 19.6 Å². The minimum atomic E-state index is -1.37. The number of Topliss-reactive ketones (excluding diaryl/α,β-unsaturated/α-hetero) is 1. The molecule has 0 heterocycles. The van der Waals surface area contributed by atoms with Gasteiger partial charge in [0.15, 0.2) is 0 Å². The second-order valence-electron chi connectivity index (χ2n) is 6.37. The molecule has 0 aromatic heterocycles. The molecule has 0 N–H and O–H groups in total. The van der Waals surface area contributed by atoms with Crippen LogP contribution in [0.3, 0.4) is 0 Å². The van der Waals surface area contributed by atoms with Gasteiger partial charge in [0.1, 0.15) is 13.9 Å². The predicted octanol–water partition coefficient (Wildman–Crippen LogP) is 4.02. The van der Waals surface area contributed by atoms with E-state index in [-0.39, 0.29) is 11.8 Å². The van der Waals surface area contributed by atoms with Crippen LogP contribution < -0.4 is 0 Å². The largest absolute Gasteiger partial charge is 0.299 e. The molecule has 1 aromatic rings.